The monoisotopic (exact) mass is 409 g/mol. The maximum Gasteiger partial charge on any atom is 0.223 e. The topological polar surface area (TPSA) is 52.7 Å². The average Bonchev–Trinajstić information content (AvgIpc) is 3.43. The molecule has 1 fully saturated rings. The van der Waals surface area contributed by atoms with Crippen molar-refractivity contribution in [2.45, 2.75) is 38.3 Å². The number of thiophene rings is 1. The molecule has 1 aromatic carbocycles. The molecule has 0 aliphatic carbocycles. The second-order valence-electron chi connectivity index (χ2n) is 7.67. The summed E-state index contributed by atoms with van der Waals surface area (Å²) in [5.41, 5.74) is 2.09. The summed E-state index contributed by atoms with van der Waals surface area (Å²) in [5, 5.41) is 5.24. The zero-order valence-electron chi connectivity index (χ0n) is 16.7. The quantitative estimate of drug-likeness (QED) is 0.786. The Morgan fingerprint density at radius 1 is 1.17 bits per heavy atom. The largest absolute Gasteiger partial charge is 0.354 e. The highest BCUT2D eigenvalue weighted by Crippen LogP contribution is 2.33. The Morgan fingerprint density at radius 3 is 2.69 bits per heavy atom. The molecule has 0 spiro atoms. The first kappa shape index (κ1) is 19.9. The van der Waals surface area contributed by atoms with Crippen LogP contribution in [0.4, 0.5) is 0 Å². The molecule has 4 rings (SSSR count). The predicted molar refractivity (Wildman–Crippen MR) is 116 cm³/mol. The number of nitrogens with zero attached hydrogens (tertiary/aromatic N) is 2. The normalized spacial score (nSPS) is 19.8. The summed E-state index contributed by atoms with van der Waals surface area (Å²) in [7, 11) is 0. The Bertz CT molecular complexity index is 887. The van der Waals surface area contributed by atoms with Crippen molar-refractivity contribution in [3.8, 4) is 0 Å². The van der Waals surface area contributed by atoms with Crippen LogP contribution in [0.3, 0.4) is 0 Å². The number of nitrogens with one attached hydrogen (secondary N) is 1. The third-order valence-corrected chi connectivity index (χ3v) is 6.77. The summed E-state index contributed by atoms with van der Waals surface area (Å²) >= 11 is 1.75. The lowest BCUT2D eigenvalue weighted by Gasteiger charge is -2.32. The maximum absolute atomic E-state index is 12.9. The van der Waals surface area contributed by atoms with Gasteiger partial charge in [-0.1, -0.05) is 30.3 Å². The Kier molecular flexibility index (Phi) is 6.11. The summed E-state index contributed by atoms with van der Waals surface area (Å²) in [5.74, 6) is -0.0748. The molecular formula is C23H27N3O2S. The fourth-order valence-corrected chi connectivity index (χ4v) is 5.18. The minimum Gasteiger partial charge on any atom is -0.354 e. The van der Waals surface area contributed by atoms with Gasteiger partial charge in [0, 0.05) is 24.5 Å². The van der Waals surface area contributed by atoms with E-state index in [-0.39, 0.29) is 30.3 Å². The molecule has 0 bridgehead atoms. The van der Waals surface area contributed by atoms with Gasteiger partial charge in [-0.15, -0.1) is 11.3 Å². The molecule has 3 heterocycles. The molecule has 1 aromatic heterocycles. The van der Waals surface area contributed by atoms with Gasteiger partial charge in [0.05, 0.1) is 18.5 Å². The number of carbonyl (C=O) groups is 2. The molecular weight excluding hydrogens is 382 g/mol. The van der Waals surface area contributed by atoms with E-state index >= 15 is 0 Å². The number of amides is 2. The van der Waals surface area contributed by atoms with Gasteiger partial charge in [0.1, 0.15) is 0 Å². The molecule has 1 N–H and O–H groups in total. The number of benzene rings is 1. The zero-order valence-corrected chi connectivity index (χ0v) is 17.5. The number of hydrogen-bond acceptors (Lipinski definition) is 4. The first-order chi connectivity index (χ1) is 14.1. The first-order valence-electron chi connectivity index (χ1n) is 10.2. The summed E-state index contributed by atoms with van der Waals surface area (Å²) in [4.78, 5) is 30.4. The third kappa shape index (κ3) is 4.43. The van der Waals surface area contributed by atoms with Crippen molar-refractivity contribution in [2.24, 2.45) is 0 Å². The lowest BCUT2D eigenvalue weighted by atomic mass is 9.93. The summed E-state index contributed by atoms with van der Waals surface area (Å²) < 4.78 is 0. The van der Waals surface area contributed by atoms with Crippen LogP contribution in [-0.2, 0) is 9.59 Å². The average molecular weight is 410 g/mol. The minimum atomic E-state index is -0.263. The number of hydrogen-bond donors (Lipinski definition) is 1. The van der Waals surface area contributed by atoms with Crippen LogP contribution in [-0.4, -0.2) is 41.2 Å². The lowest BCUT2D eigenvalue weighted by molar-refractivity contribution is -0.130. The van der Waals surface area contributed by atoms with E-state index in [0.29, 0.717) is 6.54 Å². The third-order valence-electron chi connectivity index (χ3n) is 5.79. The van der Waals surface area contributed by atoms with Gasteiger partial charge in [0.15, 0.2) is 0 Å². The fourth-order valence-electron chi connectivity index (χ4n) is 4.32. The molecule has 1 saturated heterocycles. The van der Waals surface area contributed by atoms with Gasteiger partial charge in [0.2, 0.25) is 11.8 Å². The smallest absolute Gasteiger partial charge is 0.223 e. The predicted octanol–water partition coefficient (Wildman–Crippen LogP) is 3.97. The van der Waals surface area contributed by atoms with Gasteiger partial charge < -0.3 is 10.2 Å². The van der Waals surface area contributed by atoms with E-state index in [1.54, 1.807) is 29.4 Å². The molecule has 2 amide bonds. The minimum absolute atomic E-state index is 0.0212. The van der Waals surface area contributed by atoms with Crippen molar-refractivity contribution in [2.75, 3.05) is 19.6 Å². The molecule has 152 valence electrons. The molecule has 2 aliphatic rings. The Morgan fingerprint density at radius 2 is 1.97 bits per heavy atom. The highest BCUT2D eigenvalue weighted by Gasteiger charge is 2.29. The highest BCUT2D eigenvalue weighted by atomic mass is 32.1. The van der Waals surface area contributed by atoms with Crippen LogP contribution in [0.1, 0.15) is 54.3 Å². The Hall–Kier alpha value is -2.44. The number of rotatable bonds is 6. The highest BCUT2D eigenvalue weighted by molar-refractivity contribution is 7.10. The van der Waals surface area contributed by atoms with Crippen molar-refractivity contribution in [1.82, 2.24) is 15.1 Å². The molecule has 2 aliphatic heterocycles. The maximum atomic E-state index is 12.9. The van der Waals surface area contributed by atoms with E-state index < -0.39 is 0 Å². The van der Waals surface area contributed by atoms with E-state index in [1.165, 1.54) is 17.7 Å². The van der Waals surface area contributed by atoms with Crippen LogP contribution >= 0.6 is 11.3 Å². The van der Waals surface area contributed by atoms with Gasteiger partial charge in [-0.25, -0.2) is 0 Å². The molecule has 2 atom stereocenters. The number of fused-ring (bicyclic) bond motifs is 1. The van der Waals surface area contributed by atoms with Gasteiger partial charge in [-0.05, 0) is 54.6 Å². The van der Waals surface area contributed by atoms with E-state index in [1.807, 2.05) is 30.3 Å². The van der Waals surface area contributed by atoms with Crippen molar-refractivity contribution >= 4 is 29.2 Å². The van der Waals surface area contributed by atoms with Gasteiger partial charge in [-0.2, -0.15) is 0 Å². The summed E-state index contributed by atoms with van der Waals surface area (Å²) in [6, 6.07) is 12.2. The Labute approximate surface area is 176 Å². The second-order valence-corrected chi connectivity index (χ2v) is 8.65. The van der Waals surface area contributed by atoms with Crippen molar-refractivity contribution < 1.29 is 9.59 Å². The van der Waals surface area contributed by atoms with E-state index in [2.05, 4.69) is 27.7 Å². The standard InChI is InChI=1S/C23H27N3O2S/c1-17(27)26-13-10-18-7-2-3-8-19(18)20(26)15-23(28)24-16-21(22-9-6-14-29-22)25-11-4-5-12-25/h2-3,6-10,13-14,20-21H,4-5,11-12,15-16H2,1H3,(H,24,28). The van der Waals surface area contributed by atoms with Crippen LogP contribution < -0.4 is 5.32 Å². The fraction of sp³-hybridized carbons (Fsp3) is 0.391. The summed E-state index contributed by atoms with van der Waals surface area (Å²) in [6.45, 7) is 4.31. The van der Waals surface area contributed by atoms with Crippen molar-refractivity contribution in [1.29, 1.82) is 0 Å². The Balaban J connectivity index is 1.45. The van der Waals surface area contributed by atoms with Crippen LogP contribution in [0.5, 0.6) is 0 Å². The molecule has 29 heavy (non-hydrogen) atoms. The van der Waals surface area contributed by atoms with Crippen molar-refractivity contribution in [3.63, 3.8) is 0 Å². The van der Waals surface area contributed by atoms with Crippen LogP contribution in [0.25, 0.3) is 6.08 Å². The van der Waals surface area contributed by atoms with Crippen LogP contribution in [0, 0.1) is 0 Å². The van der Waals surface area contributed by atoms with E-state index in [4.69, 9.17) is 0 Å². The molecule has 2 aromatic rings. The SMILES string of the molecule is CC(=O)N1C=Cc2ccccc2C1CC(=O)NCC(c1cccs1)N1CCCC1. The molecule has 0 saturated carbocycles. The number of carbonyl (C=O) groups excluding carboxylic acids is 2. The molecule has 0 radical (unpaired) electrons. The van der Waals surface area contributed by atoms with Gasteiger partial charge in [0.25, 0.3) is 0 Å². The van der Waals surface area contributed by atoms with Gasteiger partial charge >= 0.3 is 0 Å². The number of likely N-dealkylation sites (tertiary alicyclic amines) is 1. The second kappa shape index (κ2) is 8.93. The van der Waals surface area contributed by atoms with Crippen LogP contribution in [0.2, 0.25) is 0 Å². The lowest BCUT2D eigenvalue weighted by Crippen LogP contribution is -2.39. The molecule has 2 unspecified atom stereocenters. The summed E-state index contributed by atoms with van der Waals surface area (Å²) in [6.07, 6.45) is 6.42. The molecule has 6 heteroatoms. The zero-order chi connectivity index (χ0) is 20.2. The van der Waals surface area contributed by atoms with Crippen LogP contribution in [0.15, 0.2) is 48.0 Å². The van der Waals surface area contributed by atoms with E-state index in [9.17, 15) is 9.59 Å². The van der Waals surface area contributed by atoms with Crippen molar-refractivity contribution in [3.05, 3.63) is 64.0 Å². The van der Waals surface area contributed by atoms with E-state index in [0.717, 1.165) is 24.2 Å². The first-order valence-corrected chi connectivity index (χ1v) is 11.1. The molecule has 5 nitrogen and oxygen atoms in total. The van der Waals surface area contributed by atoms with Gasteiger partial charge in [-0.3, -0.25) is 14.5 Å².